The van der Waals surface area contributed by atoms with Crippen molar-refractivity contribution in [2.45, 2.75) is 6.92 Å². The van der Waals surface area contributed by atoms with E-state index in [0.717, 1.165) is 23.1 Å². The number of benzene rings is 2. The summed E-state index contributed by atoms with van der Waals surface area (Å²) in [6.07, 6.45) is 2.02. The highest BCUT2D eigenvalue weighted by molar-refractivity contribution is 8.13. The molecule has 2 aromatic rings. The zero-order valence-electron chi connectivity index (χ0n) is 12.2. The molecular weight excluding hydrogens is 278 g/mol. The first-order valence-corrected chi connectivity index (χ1v) is 7.96. The van der Waals surface area contributed by atoms with Gasteiger partial charge in [-0.3, -0.25) is 0 Å². The van der Waals surface area contributed by atoms with Crippen molar-refractivity contribution in [3.8, 4) is 6.07 Å². The first kappa shape index (κ1) is 15.1. The highest BCUT2D eigenvalue weighted by atomic mass is 32.2. The second kappa shape index (κ2) is 7.51. The number of hydrogen-bond donors (Lipinski definition) is 0. The average molecular weight is 295 g/mol. The second-order valence-corrected chi connectivity index (χ2v) is 5.11. The molecule has 0 heterocycles. The van der Waals surface area contributed by atoms with Gasteiger partial charge in [-0.2, -0.15) is 5.26 Å². The van der Waals surface area contributed by atoms with Crippen LogP contribution < -0.4 is 4.90 Å². The van der Waals surface area contributed by atoms with Crippen LogP contribution in [0.25, 0.3) is 0 Å². The molecular formula is C17H17N3S. The van der Waals surface area contributed by atoms with Crippen LogP contribution in [-0.4, -0.2) is 18.0 Å². The van der Waals surface area contributed by atoms with Crippen molar-refractivity contribution in [2.24, 2.45) is 4.99 Å². The number of aliphatic imine (C=N–C) groups is 1. The molecule has 0 amide bonds. The van der Waals surface area contributed by atoms with E-state index in [9.17, 15) is 0 Å². The van der Waals surface area contributed by atoms with Crippen LogP contribution >= 0.6 is 11.8 Å². The molecule has 0 aromatic heterocycles. The van der Waals surface area contributed by atoms with E-state index >= 15 is 0 Å². The molecule has 0 radical (unpaired) electrons. The fraction of sp³-hybridized carbons (Fsp3) is 0.176. The van der Waals surface area contributed by atoms with Crippen molar-refractivity contribution >= 4 is 28.3 Å². The standard InChI is InChI=1S/C17H17N3S/c1-3-20(16-11-9-14(13-18)10-12-16)17(21-2)19-15-7-5-4-6-8-15/h4-12H,3H2,1-2H3. The van der Waals surface area contributed by atoms with Gasteiger partial charge in [-0.1, -0.05) is 30.0 Å². The van der Waals surface area contributed by atoms with Crippen molar-refractivity contribution < 1.29 is 0 Å². The van der Waals surface area contributed by atoms with Crippen LogP contribution in [0.2, 0.25) is 0 Å². The number of nitriles is 1. The van der Waals surface area contributed by atoms with Gasteiger partial charge in [0.05, 0.1) is 17.3 Å². The van der Waals surface area contributed by atoms with E-state index in [4.69, 9.17) is 10.3 Å². The number of thioether (sulfide) groups is 1. The minimum atomic E-state index is 0.667. The van der Waals surface area contributed by atoms with Gasteiger partial charge < -0.3 is 4.90 Å². The number of anilines is 1. The van der Waals surface area contributed by atoms with Gasteiger partial charge in [-0.25, -0.2) is 4.99 Å². The van der Waals surface area contributed by atoms with E-state index < -0.39 is 0 Å². The third kappa shape index (κ3) is 3.87. The van der Waals surface area contributed by atoms with E-state index in [0.29, 0.717) is 5.56 Å². The van der Waals surface area contributed by atoms with Crippen molar-refractivity contribution in [1.29, 1.82) is 5.26 Å². The highest BCUT2D eigenvalue weighted by Crippen LogP contribution is 2.22. The molecule has 0 unspecified atom stereocenters. The van der Waals surface area contributed by atoms with Gasteiger partial charge in [0, 0.05) is 12.2 Å². The molecule has 0 aliphatic heterocycles. The zero-order chi connectivity index (χ0) is 15.1. The summed E-state index contributed by atoms with van der Waals surface area (Å²) in [5, 5.41) is 9.82. The first-order chi connectivity index (χ1) is 10.3. The lowest BCUT2D eigenvalue weighted by Crippen LogP contribution is -2.27. The Balaban J connectivity index is 2.33. The summed E-state index contributed by atoms with van der Waals surface area (Å²) < 4.78 is 0. The summed E-state index contributed by atoms with van der Waals surface area (Å²) in [6.45, 7) is 2.91. The van der Waals surface area contributed by atoms with Crippen LogP contribution in [-0.2, 0) is 0 Å². The summed E-state index contributed by atoms with van der Waals surface area (Å²) in [4.78, 5) is 6.85. The van der Waals surface area contributed by atoms with Gasteiger partial charge in [0.15, 0.2) is 5.17 Å². The molecule has 0 saturated carbocycles. The Morgan fingerprint density at radius 2 is 1.81 bits per heavy atom. The van der Waals surface area contributed by atoms with Crippen molar-refractivity contribution in [3.63, 3.8) is 0 Å². The van der Waals surface area contributed by atoms with Crippen LogP contribution in [0, 0.1) is 11.3 Å². The predicted octanol–water partition coefficient (Wildman–Crippen LogP) is 4.44. The van der Waals surface area contributed by atoms with Crippen molar-refractivity contribution in [2.75, 3.05) is 17.7 Å². The quantitative estimate of drug-likeness (QED) is 0.621. The Hall–Kier alpha value is -2.25. The van der Waals surface area contributed by atoms with Crippen LogP contribution in [0.3, 0.4) is 0 Å². The molecule has 4 heteroatoms. The lowest BCUT2D eigenvalue weighted by atomic mass is 10.2. The van der Waals surface area contributed by atoms with Crippen LogP contribution in [0.5, 0.6) is 0 Å². The van der Waals surface area contributed by atoms with E-state index in [-0.39, 0.29) is 0 Å². The van der Waals surface area contributed by atoms with E-state index in [1.807, 2.05) is 60.9 Å². The molecule has 106 valence electrons. The average Bonchev–Trinajstić information content (AvgIpc) is 2.56. The minimum Gasteiger partial charge on any atom is -0.321 e. The molecule has 0 atom stereocenters. The van der Waals surface area contributed by atoms with Gasteiger partial charge >= 0.3 is 0 Å². The van der Waals surface area contributed by atoms with Gasteiger partial charge in [-0.15, -0.1) is 0 Å². The minimum absolute atomic E-state index is 0.667. The Morgan fingerprint density at radius 3 is 2.33 bits per heavy atom. The fourth-order valence-corrected chi connectivity index (χ4v) is 2.62. The summed E-state index contributed by atoms with van der Waals surface area (Å²) in [6, 6.07) is 19.6. The number of nitrogens with zero attached hydrogens (tertiary/aromatic N) is 3. The molecule has 3 nitrogen and oxygen atoms in total. The lowest BCUT2D eigenvalue weighted by Gasteiger charge is -2.23. The Morgan fingerprint density at radius 1 is 1.14 bits per heavy atom. The summed E-state index contributed by atoms with van der Waals surface area (Å²) in [5.41, 5.74) is 2.65. The van der Waals surface area contributed by atoms with Gasteiger partial charge in [0.1, 0.15) is 0 Å². The normalized spacial score (nSPS) is 11.0. The Labute approximate surface area is 129 Å². The number of para-hydroxylation sites is 1. The van der Waals surface area contributed by atoms with Gasteiger partial charge in [0.25, 0.3) is 0 Å². The third-order valence-corrected chi connectivity index (χ3v) is 3.70. The van der Waals surface area contributed by atoms with Crippen molar-refractivity contribution in [1.82, 2.24) is 0 Å². The molecule has 0 N–H and O–H groups in total. The maximum Gasteiger partial charge on any atom is 0.168 e. The van der Waals surface area contributed by atoms with E-state index in [1.54, 1.807) is 11.8 Å². The topological polar surface area (TPSA) is 39.4 Å². The maximum absolute atomic E-state index is 8.88. The molecule has 2 rings (SSSR count). The molecule has 0 bridgehead atoms. The number of rotatable bonds is 3. The largest absolute Gasteiger partial charge is 0.321 e. The molecule has 2 aromatic carbocycles. The van der Waals surface area contributed by atoms with Crippen LogP contribution in [0.15, 0.2) is 59.6 Å². The maximum atomic E-state index is 8.88. The Kier molecular flexibility index (Phi) is 5.42. The SMILES string of the molecule is CCN(C(=Nc1ccccc1)SC)c1ccc(C#N)cc1. The molecule has 0 saturated heterocycles. The monoisotopic (exact) mass is 295 g/mol. The molecule has 0 aliphatic rings. The molecule has 0 fully saturated rings. The summed E-state index contributed by atoms with van der Waals surface area (Å²) in [7, 11) is 0. The Bertz CT molecular complexity index is 642. The van der Waals surface area contributed by atoms with E-state index in [2.05, 4.69) is 17.9 Å². The first-order valence-electron chi connectivity index (χ1n) is 6.74. The molecule has 0 aliphatic carbocycles. The van der Waals surface area contributed by atoms with Gasteiger partial charge in [0.2, 0.25) is 0 Å². The smallest absolute Gasteiger partial charge is 0.168 e. The lowest BCUT2D eigenvalue weighted by molar-refractivity contribution is 1.07. The highest BCUT2D eigenvalue weighted by Gasteiger charge is 2.11. The summed E-state index contributed by atoms with van der Waals surface area (Å²) in [5.74, 6) is 0. The van der Waals surface area contributed by atoms with Gasteiger partial charge in [-0.05, 0) is 49.6 Å². The fourth-order valence-electron chi connectivity index (χ4n) is 1.97. The number of hydrogen-bond acceptors (Lipinski definition) is 3. The molecule has 0 spiro atoms. The summed E-state index contributed by atoms with van der Waals surface area (Å²) >= 11 is 1.61. The second-order valence-electron chi connectivity index (χ2n) is 4.34. The molecule has 21 heavy (non-hydrogen) atoms. The zero-order valence-corrected chi connectivity index (χ0v) is 13.0. The predicted molar refractivity (Wildman–Crippen MR) is 91.2 cm³/mol. The van der Waals surface area contributed by atoms with E-state index in [1.165, 1.54) is 0 Å². The number of amidine groups is 1. The van der Waals surface area contributed by atoms with Crippen LogP contribution in [0.4, 0.5) is 11.4 Å². The third-order valence-electron chi connectivity index (χ3n) is 3.02. The van der Waals surface area contributed by atoms with Crippen molar-refractivity contribution in [3.05, 3.63) is 60.2 Å². The van der Waals surface area contributed by atoms with Crippen LogP contribution in [0.1, 0.15) is 12.5 Å².